The van der Waals surface area contributed by atoms with E-state index in [0.29, 0.717) is 16.7 Å². The molecule has 45 heavy (non-hydrogen) atoms. The Morgan fingerprint density at radius 1 is 0.422 bits per heavy atom. The Bertz CT molecular complexity index is 1730. The van der Waals surface area contributed by atoms with Crippen LogP contribution in [0.15, 0.2) is 72.8 Å². The van der Waals surface area contributed by atoms with E-state index >= 15 is 0 Å². The number of nitro groups is 3. The molecule has 0 radical (unpaired) electrons. The van der Waals surface area contributed by atoms with Crippen LogP contribution in [0.1, 0.15) is 33.4 Å². The molecule has 0 heterocycles. The van der Waals surface area contributed by atoms with Crippen LogP contribution >= 0.6 is 0 Å². The van der Waals surface area contributed by atoms with Gasteiger partial charge in [-0.25, -0.2) is 0 Å². The Morgan fingerprint density at radius 3 is 0.822 bits per heavy atom. The van der Waals surface area contributed by atoms with Gasteiger partial charge in [-0.2, -0.15) is 0 Å². The van der Waals surface area contributed by atoms with Gasteiger partial charge >= 0.3 is 0 Å². The lowest BCUT2D eigenvalue weighted by Gasteiger charge is -2.17. The van der Waals surface area contributed by atoms with Crippen molar-refractivity contribution < 1.29 is 29.0 Å². The average Bonchev–Trinajstić information content (AvgIpc) is 3.05. The van der Waals surface area contributed by atoms with Crippen molar-refractivity contribution in [2.75, 3.05) is 21.3 Å². The molecule has 0 unspecified atom stereocenters. The fourth-order valence-corrected chi connectivity index (χ4v) is 4.04. The zero-order chi connectivity index (χ0) is 32.5. The molecule has 12 heteroatoms. The van der Waals surface area contributed by atoms with Gasteiger partial charge in [-0.3, -0.25) is 30.3 Å². The molecule has 222 valence electrons. The maximum absolute atomic E-state index is 11.1. The van der Waals surface area contributed by atoms with Crippen LogP contribution in [0.4, 0.5) is 17.1 Å². The van der Waals surface area contributed by atoms with Gasteiger partial charge in [0.25, 0.3) is 17.1 Å². The Labute approximate surface area is 256 Å². The summed E-state index contributed by atoms with van der Waals surface area (Å²) in [5.41, 5.74) is 1.89. The van der Waals surface area contributed by atoms with E-state index in [-0.39, 0.29) is 51.0 Å². The Hall–Kier alpha value is -6.84. The molecule has 0 saturated carbocycles. The second kappa shape index (κ2) is 13.9. The zero-order valence-corrected chi connectivity index (χ0v) is 23.9. The van der Waals surface area contributed by atoms with Crippen molar-refractivity contribution in [1.29, 1.82) is 0 Å². The van der Waals surface area contributed by atoms with Gasteiger partial charge in [0, 0.05) is 53.1 Å². The van der Waals surface area contributed by atoms with Gasteiger partial charge in [0.2, 0.25) is 0 Å². The van der Waals surface area contributed by atoms with E-state index < -0.39 is 14.8 Å². The van der Waals surface area contributed by atoms with Crippen molar-refractivity contribution in [3.63, 3.8) is 0 Å². The smallest absolute Gasteiger partial charge is 0.269 e. The molecule has 0 aliphatic rings. The zero-order valence-electron chi connectivity index (χ0n) is 23.9. The van der Waals surface area contributed by atoms with Gasteiger partial charge in [0.05, 0.1) is 36.1 Å². The molecule has 0 N–H and O–H groups in total. The van der Waals surface area contributed by atoms with E-state index in [2.05, 4.69) is 35.5 Å². The summed E-state index contributed by atoms with van der Waals surface area (Å²) in [7, 11) is 4.22. The Kier molecular flexibility index (Phi) is 9.60. The number of hydrogen-bond donors (Lipinski definition) is 0. The van der Waals surface area contributed by atoms with Gasteiger partial charge in [-0.05, 0) is 36.4 Å². The minimum Gasteiger partial charge on any atom is -0.494 e. The van der Waals surface area contributed by atoms with Gasteiger partial charge in [-0.1, -0.05) is 35.5 Å². The molecule has 0 aliphatic heterocycles. The lowest BCUT2D eigenvalue weighted by Crippen LogP contribution is -2.04. The molecule has 0 amide bonds. The number of rotatable bonds is 6. The quantitative estimate of drug-likeness (QED) is 0.155. The third-order valence-corrected chi connectivity index (χ3v) is 6.20. The molecule has 0 spiro atoms. The molecule has 0 atom stereocenters. The fourth-order valence-electron chi connectivity index (χ4n) is 4.04. The lowest BCUT2D eigenvalue weighted by molar-refractivity contribution is -0.385. The van der Waals surface area contributed by atoms with E-state index in [4.69, 9.17) is 14.2 Å². The summed E-state index contributed by atoms with van der Waals surface area (Å²) in [5.74, 6) is 18.4. The van der Waals surface area contributed by atoms with E-state index in [1.165, 1.54) is 94.1 Å². The van der Waals surface area contributed by atoms with Crippen molar-refractivity contribution in [2.45, 2.75) is 0 Å². The van der Waals surface area contributed by atoms with Crippen molar-refractivity contribution in [3.8, 4) is 52.8 Å². The maximum atomic E-state index is 11.1. The van der Waals surface area contributed by atoms with E-state index in [1.807, 2.05) is 0 Å². The normalized spacial score (nSPS) is 9.67. The first-order valence-electron chi connectivity index (χ1n) is 12.8. The first-order valence-corrected chi connectivity index (χ1v) is 12.8. The predicted octanol–water partition coefficient (Wildman–Crippen LogP) is 5.64. The second-order valence-corrected chi connectivity index (χ2v) is 8.89. The van der Waals surface area contributed by atoms with Crippen LogP contribution in [0.3, 0.4) is 0 Å². The summed E-state index contributed by atoms with van der Waals surface area (Å²) in [6.45, 7) is 0. The van der Waals surface area contributed by atoms with Crippen LogP contribution < -0.4 is 14.2 Å². The van der Waals surface area contributed by atoms with E-state index in [1.54, 1.807) is 0 Å². The predicted molar refractivity (Wildman–Crippen MR) is 163 cm³/mol. The van der Waals surface area contributed by atoms with E-state index in [9.17, 15) is 30.3 Å². The van der Waals surface area contributed by atoms with Gasteiger partial charge in [0.1, 0.15) is 16.7 Å². The Balaban J connectivity index is 1.96. The number of nitro benzene ring substituents is 3. The molecular formula is C33H21N3O9. The average molecular weight is 604 g/mol. The molecule has 4 aromatic carbocycles. The molecule has 0 bridgehead atoms. The van der Waals surface area contributed by atoms with Crippen LogP contribution in [-0.2, 0) is 0 Å². The number of nitrogens with zero attached hydrogens (tertiary/aromatic N) is 3. The molecule has 0 aromatic heterocycles. The van der Waals surface area contributed by atoms with Crippen molar-refractivity contribution in [3.05, 3.63) is 137 Å². The molecule has 4 aromatic rings. The largest absolute Gasteiger partial charge is 0.494 e. The highest BCUT2D eigenvalue weighted by Gasteiger charge is 2.24. The highest BCUT2D eigenvalue weighted by molar-refractivity contribution is 5.76. The van der Waals surface area contributed by atoms with Gasteiger partial charge < -0.3 is 14.2 Å². The van der Waals surface area contributed by atoms with Gasteiger partial charge in [0.15, 0.2) is 17.2 Å². The third kappa shape index (κ3) is 7.15. The summed E-state index contributed by atoms with van der Waals surface area (Å²) in [6, 6.07) is 17.0. The summed E-state index contributed by atoms with van der Waals surface area (Å²) in [6.07, 6.45) is 0. The monoisotopic (exact) mass is 603 g/mol. The van der Waals surface area contributed by atoms with Crippen LogP contribution in [0.5, 0.6) is 17.2 Å². The first kappa shape index (κ1) is 31.1. The fraction of sp³-hybridized carbons (Fsp3) is 0.0909. The number of hydrogen-bond acceptors (Lipinski definition) is 9. The standard InChI is InChI=1S/C33H21N3O9/c1-43-31-28(19-10-22-4-13-25(14-5-22)34(37)38)32(44-2)30(21-12-24-8-17-27(18-9-24)36(41)42)33(45-3)29(31)20-11-23-6-15-26(16-7-23)35(39)40/h4-9,13-18H,1-3H3. The highest BCUT2D eigenvalue weighted by atomic mass is 16.6. The Morgan fingerprint density at radius 2 is 0.644 bits per heavy atom. The van der Waals surface area contributed by atoms with Crippen LogP contribution in [0.2, 0.25) is 0 Å². The lowest BCUT2D eigenvalue weighted by atomic mass is 9.99. The van der Waals surface area contributed by atoms with Crippen molar-refractivity contribution in [2.24, 2.45) is 0 Å². The summed E-state index contributed by atoms with van der Waals surface area (Å²) < 4.78 is 17.2. The summed E-state index contributed by atoms with van der Waals surface area (Å²) in [4.78, 5) is 31.6. The van der Waals surface area contributed by atoms with Crippen molar-refractivity contribution in [1.82, 2.24) is 0 Å². The molecule has 0 saturated heterocycles. The SMILES string of the molecule is COc1c(C#Cc2ccc([N+](=O)[O-])cc2)c(OC)c(C#Cc2ccc([N+](=O)[O-])cc2)c(OC)c1C#Cc1ccc([N+](=O)[O-])cc1. The maximum Gasteiger partial charge on any atom is 0.269 e. The van der Waals surface area contributed by atoms with Crippen LogP contribution in [-0.4, -0.2) is 36.1 Å². The number of ether oxygens (including phenoxy) is 3. The number of benzene rings is 4. The first-order chi connectivity index (χ1) is 21.7. The second-order valence-electron chi connectivity index (χ2n) is 8.89. The summed E-state index contributed by atoms with van der Waals surface area (Å²) >= 11 is 0. The summed E-state index contributed by atoms with van der Waals surface area (Å²) in [5, 5.41) is 33.2. The minimum absolute atomic E-state index is 0.0900. The van der Waals surface area contributed by atoms with Gasteiger partial charge in [-0.15, -0.1) is 0 Å². The minimum atomic E-state index is -0.515. The number of non-ortho nitro benzene ring substituents is 3. The highest BCUT2D eigenvalue weighted by Crippen LogP contribution is 2.42. The molecule has 0 fully saturated rings. The topological polar surface area (TPSA) is 157 Å². The molecule has 0 aliphatic carbocycles. The molecule has 4 rings (SSSR count). The van der Waals surface area contributed by atoms with Crippen LogP contribution in [0.25, 0.3) is 0 Å². The molecular weight excluding hydrogens is 582 g/mol. The number of methoxy groups -OCH3 is 3. The van der Waals surface area contributed by atoms with Crippen LogP contribution in [0, 0.1) is 65.9 Å². The third-order valence-electron chi connectivity index (χ3n) is 6.20. The van der Waals surface area contributed by atoms with E-state index in [0.717, 1.165) is 0 Å². The van der Waals surface area contributed by atoms with Crippen molar-refractivity contribution >= 4 is 17.1 Å². The molecule has 12 nitrogen and oxygen atoms in total.